The maximum atomic E-state index is 11.0. The standard InChI is InChI=1S/C30H48O3/c1-7-21(19(2)3)9-8-20(4)24-10-11-25-23-16-27-30(33-27)17-22(32-18-31)12-15-29(30,6)26(23)13-14-28(24,25)5/h8-9,18-27H,7,10-17H2,1-6H3/t20-,21-,22-,23+,24-,25+,26+,27-,28-,29-,30-/m1/s1. The smallest absolute Gasteiger partial charge is 0.293 e. The van der Waals surface area contributed by atoms with Crippen LogP contribution in [0.5, 0.6) is 0 Å². The number of ether oxygens (including phenoxy) is 2. The van der Waals surface area contributed by atoms with E-state index in [0.29, 0.717) is 29.8 Å². The van der Waals surface area contributed by atoms with Crippen LogP contribution in [0.4, 0.5) is 0 Å². The molecule has 1 heterocycles. The Balaban J connectivity index is 1.33. The lowest BCUT2D eigenvalue weighted by Gasteiger charge is -2.59. The van der Waals surface area contributed by atoms with E-state index in [4.69, 9.17) is 9.47 Å². The molecule has 5 fully saturated rings. The molecule has 0 aromatic rings. The fourth-order valence-electron chi connectivity index (χ4n) is 10.0. The largest absolute Gasteiger partial charge is 0.464 e. The van der Waals surface area contributed by atoms with Crippen LogP contribution in [0.2, 0.25) is 0 Å². The van der Waals surface area contributed by atoms with Crippen LogP contribution in [-0.2, 0) is 14.3 Å². The van der Waals surface area contributed by atoms with Gasteiger partial charge in [0.25, 0.3) is 6.47 Å². The number of hydrogen-bond acceptors (Lipinski definition) is 3. The number of epoxide rings is 1. The molecule has 4 aliphatic carbocycles. The molecule has 0 bridgehead atoms. The molecule has 5 aliphatic rings. The minimum absolute atomic E-state index is 0.00607. The van der Waals surface area contributed by atoms with Crippen molar-refractivity contribution < 1.29 is 14.3 Å². The Kier molecular flexibility index (Phi) is 6.07. The zero-order valence-electron chi connectivity index (χ0n) is 22.0. The summed E-state index contributed by atoms with van der Waals surface area (Å²) in [5.41, 5.74) is 0.737. The minimum Gasteiger partial charge on any atom is -0.464 e. The van der Waals surface area contributed by atoms with Gasteiger partial charge in [0.2, 0.25) is 0 Å². The first-order valence-corrected chi connectivity index (χ1v) is 14.2. The third kappa shape index (κ3) is 3.49. The van der Waals surface area contributed by atoms with Crippen LogP contribution >= 0.6 is 0 Å². The van der Waals surface area contributed by atoms with E-state index in [-0.39, 0.29) is 17.1 Å². The van der Waals surface area contributed by atoms with Gasteiger partial charge in [-0.25, -0.2) is 0 Å². The van der Waals surface area contributed by atoms with Gasteiger partial charge in [0, 0.05) is 11.8 Å². The third-order valence-electron chi connectivity index (χ3n) is 12.0. The highest BCUT2D eigenvalue weighted by atomic mass is 16.6. The summed E-state index contributed by atoms with van der Waals surface area (Å²) in [6, 6.07) is 0. The lowest BCUT2D eigenvalue weighted by Crippen LogP contribution is -2.58. The highest BCUT2D eigenvalue weighted by molar-refractivity contribution is 5.38. The average Bonchev–Trinajstić information content (AvgIpc) is 3.35. The molecule has 3 heteroatoms. The summed E-state index contributed by atoms with van der Waals surface area (Å²) in [7, 11) is 0. The molecule has 0 radical (unpaired) electrons. The molecule has 186 valence electrons. The Hall–Kier alpha value is -0.830. The fourth-order valence-corrected chi connectivity index (χ4v) is 10.0. The Bertz CT molecular complexity index is 775. The van der Waals surface area contributed by atoms with Crippen molar-refractivity contribution in [2.75, 3.05) is 0 Å². The molecule has 0 unspecified atom stereocenters. The van der Waals surface area contributed by atoms with E-state index in [2.05, 4.69) is 53.7 Å². The van der Waals surface area contributed by atoms with Crippen LogP contribution < -0.4 is 0 Å². The Morgan fingerprint density at radius 2 is 1.82 bits per heavy atom. The number of fused-ring (bicyclic) bond motifs is 4. The first kappa shape index (κ1) is 23.9. The van der Waals surface area contributed by atoms with Crippen LogP contribution in [-0.4, -0.2) is 24.3 Å². The summed E-state index contributed by atoms with van der Waals surface area (Å²) in [6.07, 6.45) is 16.7. The van der Waals surface area contributed by atoms with Crippen LogP contribution in [0, 0.1) is 52.3 Å². The third-order valence-corrected chi connectivity index (χ3v) is 12.0. The fraction of sp³-hybridized carbons (Fsp3) is 0.900. The van der Waals surface area contributed by atoms with Gasteiger partial charge in [0.05, 0.1) is 6.10 Å². The lowest BCUT2D eigenvalue weighted by atomic mass is 9.44. The molecule has 11 atom stereocenters. The molecule has 33 heavy (non-hydrogen) atoms. The minimum atomic E-state index is -0.00607. The summed E-state index contributed by atoms with van der Waals surface area (Å²) >= 11 is 0. The van der Waals surface area contributed by atoms with Crippen molar-refractivity contribution >= 4 is 6.47 Å². The van der Waals surface area contributed by atoms with Gasteiger partial charge >= 0.3 is 0 Å². The zero-order valence-corrected chi connectivity index (χ0v) is 22.0. The number of hydrogen-bond donors (Lipinski definition) is 0. The maximum absolute atomic E-state index is 11.0. The zero-order chi connectivity index (χ0) is 23.6. The van der Waals surface area contributed by atoms with Crippen LogP contribution in [0.3, 0.4) is 0 Å². The molecule has 1 spiro atoms. The predicted octanol–water partition coefficient (Wildman–Crippen LogP) is 7.19. The SMILES string of the molecule is CC[C@H](C=C[C@@H](C)[C@H]1CC[C@H]2[C@@H]3C[C@H]4O[C@]45C[C@H](OC=O)CC[C@]5(C)[C@H]3CC[C@]12C)C(C)C. The second-order valence-corrected chi connectivity index (χ2v) is 13.4. The van der Waals surface area contributed by atoms with Gasteiger partial charge in [-0.1, -0.05) is 53.7 Å². The van der Waals surface area contributed by atoms with E-state index in [1.165, 1.54) is 38.5 Å². The summed E-state index contributed by atoms with van der Waals surface area (Å²) in [5, 5.41) is 0. The molecule has 0 amide bonds. The highest BCUT2D eigenvalue weighted by Gasteiger charge is 2.76. The molecule has 0 N–H and O–H groups in total. The lowest BCUT2D eigenvalue weighted by molar-refractivity contribution is -0.146. The molecule has 1 saturated heterocycles. The number of carbonyl (C=O) groups is 1. The summed E-state index contributed by atoms with van der Waals surface area (Å²) in [4.78, 5) is 11.0. The van der Waals surface area contributed by atoms with Gasteiger partial charge in [-0.15, -0.1) is 0 Å². The molecular weight excluding hydrogens is 408 g/mol. The van der Waals surface area contributed by atoms with Crippen molar-refractivity contribution in [1.82, 2.24) is 0 Å². The quantitative estimate of drug-likeness (QED) is 0.231. The molecule has 0 aromatic heterocycles. The van der Waals surface area contributed by atoms with Crippen molar-refractivity contribution in [3.63, 3.8) is 0 Å². The number of allylic oxidation sites excluding steroid dienone is 2. The van der Waals surface area contributed by atoms with Crippen molar-refractivity contribution in [2.24, 2.45) is 52.3 Å². The van der Waals surface area contributed by atoms with Crippen LogP contribution in [0.15, 0.2) is 12.2 Å². The first-order chi connectivity index (χ1) is 15.7. The van der Waals surface area contributed by atoms with E-state index in [1.807, 2.05) is 0 Å². The second-order valence-electron chi connectivity index (χ2n) is 13.4. The van der Waals surface area contributed by atoms with Gasteiger partial charge in [-0.2, -0.15) is 0 Å². The van der Waals surface area contributed by atoms with E-state index >= 15 is 0 Å². The Labute approximate surface area is 202 Å². The van der Waals surface area contributed by atoms with Crippen molar-refractivity contribution in [3.8, 4) is 0 Å². The maximum Gasteiger partial charge on any atom is 0.293 e. The van der Waals surface area contributed by atoms with E-state index in [0.717, 1.165) is 48.9 Å². The monoisotopic (exact) mass is 456 g/mol. The summed E-state index contributed by atoms with van der Waals surface area (Å²) in [5.74, 6) is 5.39. The normalized spacial score (nSPS) is 50.2. The molecular formula is C30H48O3. The first-order valence-electron chi connectivity index (χ1n) is 14.2. The van der Waals surface area contributed by atoms with E-state index in [1.54, 1.807) is 0 Å². The van der Waals surface area contributed by atoms with Crippen LogP contribution in [0.1, 0.15) is 99.3 Å². The Morgan fingerprint density at radius 3 is 2.52 bits per heavy atom. The van der Waals surface area contributed by atoms with Crippen LogP contribution in [0.25, 0.3) is 0 Å². The van der Waals surface area contributed by atoms with Gasteiger partial charge in [0.1, 0.15) is 11.7 Å². The molecule has 0 aromatic carbocycles. The van der Waals surface area contributed by atoms with Crippen molar-refractivity contribution in [2.45, 2.75) is 117 Å². The molecule has 4 saturated carbocycles. The van der Waals surface area contributed by atoms with E-state index in [9.17, 15) is 4.79 Å². The molecule has 1 aliphatic heterocycles. The Morgan fingerprint density at radius 1 is 1.03 bits per heavy atom. The van der Waals surface area contributed by atoms with Gasteiger partial charge in [0.15, 0.2) is 0 Å². The molecule has 5 rings (SSSR count). The average molecular weight is 457 g/mol. The number of rotatable bonds is 7. The van der Waals surface area contributed by atoms with Gasteiger partial charge in [-0.05, 0) is 98.2 Å². The highest BCUT2D eigenvalue weighted by Crippen LogP contribution is 2.74. The van der Waals surface area contributed by atoms with Crippen molar-refractivity contribution in [3.05, 3.63) is 12.2 Å². The summed E-state index contributed by atoms with van der Waals surface area (Å²) in [6.45, 7) is 15.4. The molecule has 3 nitrogen and oxygen atoms in total. The predicted molar refractivity (Wildman–Crippen MR) is 133 cm³/mol. The summed E-state index contributed by atoms with van der Waals surface area (Å²) < 4.78 is 12.0. The van der Waals surface area contributed by atoms with Gasteiger partial charge in [-0.3, -0.25) is 4.79 Å². The topological polar surface area (TPSA) is 38.8 Å². The van der Waals surface area contributed by atoms with E-state index < -0.39 is 0 Å². The number of carbonyl (C=O) groups excluding carboxylic acids is 1. The van der Waals surface area contributed by atoms with Gasteiger partial charge < -0.3 is 9.47 Å². The second kappa shape index (κ2) is 8.38. The van der Waals surface area contributed by atoms with Crippen molar-refractivity contribution in [1.29, 1.82) is 0 Å².